The molecule has 0 aliphatic carbocycles. The molecule has 72 valence electrons. The van der Waals surface area contributed by atoms with E-state index in [1.54, 1.807) is 0 Å². The number of benzene rings is 1. The van der Waals surface area contributed by atoms with Crippen molar-refractivity contribution in [2.24, 2.45) is 5.14 Å². The van der Waals surface area contributed by atoms with Crippen LogP contribution >= 0.6 is 11.6 Å². The Bertz CT molecular complexity index is 446. The first-order valence-corrected chi connectivity index (χ1v) is 4.93. The Balaban J connectivity index is 3.62. The van der Waals surface area contributed by atoms with Crippen LogP contribution < -0.4 is 5.14 Å². The van der Waals surface area contributed by atoms with Crippen molar-refractivity contribution in [3.8, 4) is 0 Å². The third-order valence-electron chi connectivity index (χ3n) is 1.29. The van der Waals surface area contributed by atoms with Gasteiger partial charge in [-0.1, -0.05) is 11.6 Å². The Morgan fingerprint density at radius 3 is 2.23 bits per heavy atom. The van der Waals surface area contributed by atoms with E-state index in [4.69, 9.17) is 11.6 Å². The van der Waals surface area contributed by atoms with Gasteiger partial charge in [-0.15, -0.1) is 0 Å². The predicted molar refractivity (Wildman–Crippen MR) is 42.7 cm³/mol. The van der Waals surface area contributed by atoms with Gasteiger partial charge in [0.25, 0.3) is 0 Å². The summed E-state index contributed by atoms with van der Waals surface area (Å²) in [5.74, 6) is -2.63. The molecule has 0 saturated carbocycles. The second kappa shape index (κ2) is 3.21. The summed E-state index contributed by atoms with van der Waals surface area (Å²) in [5.41, 5.74) is 0. The SMILES string of the molecule is NS(=O)(=O)c1c(F)ccc(Cl)c1F. The zero-order valence-corrected chi connectivity index (χ0v) is 7.66. The van der Waals surface area contributed by atoms with Gasteiger partial charge >= 0.3 is 0 Å². The quantitative estimate of drug-likeness (QED) is 0.735. The van der Waals surface area contributed by atoms with E-state index in [-0.39, 0.29) is 0 Å². The van der Waals surface area contributed by atoms with Gasteiger partial charge < -0.3 is 0 Å². The van der Waals surface area contributed by atoms with Gasteiger partial charge in [-0.25, -0.2) is 22.3 Å². The molecule has 0 aliphatic rings. The fraction of sp³-hybridized carbons (Fsp3) is 0. The number of nitrogens with two attached hydrogens (primary N) is 1. The van der Waals surface area contributed by atoms with Crippen molar-refractivity contribution < 1.29 is 17.2 Å². The number of halogens is 3. The monoisotopic (exact) mass is 227 g/mol. The largest absolute Gasteiger partial charge is 0.243 e. The summed E-state index contributed by atoms with van der Waals surface area (Å²) in [6.07, 6.45) is 0. The smallest absolute Gasteiger partial charge is 0.224 e. The van der Waals surface area contributed by atoms with Crippen molar-refractivity contribution in [2.45, 2.75) is 4.90 Å². The minimum atomic E-state index is -4.42. The van der Waals surface area contributed by atoms with Crippen LogP contribution in [-0.4, -0.2) is 8.42 Å². The third-order valence-corrected chi connectivity index (χ3v) is 2.52. The van der Waals surface area contributed by atoms with E-state index >= 15 is 0 Å². The number of rotatable bonds is 1. The van der Waals surface area contributed by atoms with E-state index in [0.29, 0.717) is 0 Å². The van der Waals surface area contributed by atoms with E-state index in [1.165, 1.54) is 0 Å². The zero-order chi connectivity index (χ0) is 10.2. The normalized spacial score (nSPS) is 11.7. The molecule has 0 atom stereocenters. The Morgan fingerprint density at radius 2 is 1.85 bits per heavy atom. The molecular weight excluding hydrogens is 224 g/mol. The Morgan fingerprint density at radius 1 is 1.31 bits per heavy atom. The van der Waals surface area contributed by atoms with Crippen LogP contribution in [0.2, 0.25) is 5.02 Å². The standard InChI is InChI=1S/C6H4ClF2NO2S/c7-3-1-2-4(8)6(5(3)9)13(10,11)12/h1-2H,(H2,10,11,12). The molecular formula is C6H4ClF2NO2S. The van der Waals surface area contributed by atoms with Crippen LogP contribution in [0.1, 0.15) is 0 Å². The van der Waals surface area contributed by atoms with Gasteiger partial charge in [-0.05, 0) is 12.1 Å². The van der Waals surface area contributed by atoms with Crippen molar-refractivity contribution >= 4 is 21.6 Å². The molecule has 1 aromatic carbocycles. The minimum absolute atomic E-state index is 0.495. The van der Waals surface area contributed by atoms with E-state index in [9.17, 15) is 17.2 Å². The van der Waals surface area contributed by atoms with E-state index in [0.717, 1.165) is 12.1 Å². The lowest BCUT2D eigenvalue weighted by atomic mass is 10.3. The average Bonchev–Trinajstić information content (AvgIpc) is 1.95. The van der Waals surface area contributed by atoms with Crippen molar-refractivity contribution in [1.29, 1.82) is 0 Å². The molecule has 0 aromatic heterocycles. The Kier molecular flexibility index (Phi) is 2.56. The second-order valence-electron chi connectivity index (χ2n) is 2.22. The Labute approximate surface area is 78.2 Å². The van der Waals surface area contributed by atoms with Crippen LogP contribution in [0.3, 0.4) is 0 Å². The van der Waals surface area contributed by atoms with Gasteiger partial charge in [0.05, 0.1) is 5.02 Å². The highest BCUT2D eigenvalue weighted by Crippen LogP contribution is 2.23. The van der Waals surface area contributed by atoms with Gasteiger partial charge in [-0.3, -0.25) is 0 Å². The topological polar surface area (TPSA) is 60.2 Å². The van der Waals surface area contributed by atoms with Gasteiger partial charge in [0.15, 0.2) is 10.7 Å². The van der Waals surface area contributed by atoms with Gasteiger partial charge in [0.1, 0.15) is 5.82 Å². The highest BCUT2D eigenvalue weighted by atomic mass is 35.5. The van der Waals surface area contributed by atoms with Crippen molar-refractivity contribution in [3.63, 3.8) is 0 Å². The van der Waals surface area contributed by atoms with Crippen molar-refractivity contribution in [2.75, 3.05) is 0 Å². The third kappa shape index (κ3) is 1.96. The lowest BCUT2D eigenvalue weighted by Gasteiger charge is -2.02. The summed E-state index contributed by atoms with van der Waals surface area (Å²) >= 11 is 5.23. The van der Waals surface area contributed by atoms with Crippen LogP contribution in [0.15, 0.2) is 17.0 Å². The van der Waals surface area contributed by atoms with Crippen LogP contribution in [0.25, 0.3) is 0 Å². The predicted octanol–water partition coefficient (Wildman–Crippen LogP) is 1.27. The van der Waals surface area contributed by atoms with Crippen LogP contribution in [0, 0.1) is 11.6 Å². The molecule has 0 fully saturated rings. The molecule has 0 amide bonds. The molecule has 3 nitrogen and oxygen atoms in total. The summed E-state index contributed by atoms with van der Waals surface area (Å²) in [6, 6.07) is 1.63. The molecule has 0 spiro atoms. The molecule has 0 bridgehead atoms. The van der Waals surface area contributed by atoms with Crippen LogP contribution in [0.4, 0.5) is 8.78 Å². The molecule has 0 aliphatic heterocycles. The van der Waals surface area contributed by atoms with Gasteiger partial charge in [0, 0.05) is 0 Å². The summed E-state index contributed by atoms with van der Waals surface area (Å²) in [5, 5.41) is 4.07. The van der Waals surface area contributed by atoms with Gasteiger partial charge in [-0.2, -0.15) is 0 Å². The molecule has 0 radical (unpaired) electrons. The van der Waals surface area contributed by atoms with E-state index < -0.39 is 31.6 Å². The van der Waals surface area contributed by atoms with Gasteiger partial charge in [0.2, 0.25) is 10.0 Å². The molecule has 7 heteroatoms. The lowest BCUT2D eigenvalue weighted by Crippen LogP contribution is -2.16. The maximum atomic E-state index is 12.9. The molecule has 1 rings (SSSR count). The maximum Gasteiger partial charge on any atom is 0.243 e. The number of hydrogen-bond acceptors (Lipinski definition) is 2. The summed E-state index contributed by atoms with van der Waals surface area (Å²) in [4.78, 5) is -1.21. The molecule has 0 heterocycles. The van der Waals surface area contributed by atoms with E-state index in [2.05, 4.69) is 5.14 Å². The lowest BCUT2D eigenvalue weighted by molar-refractivity contribution is 0.520. The fourth-order valence-corrected chi connectivity index (χ4v) is 1.68. The Hall–Kier alpha value is -0.720. The fourth-order valence-electron chi connectivity index (χ4n) is 0.769. The number of hydrogen-bond donors (Lipinski definition) is 1. The van der Waals surface area contributed by atoms with Crippen LogP contribution in [-0.2, 0) is 10.0 Å². The zero-order valence-electron chi connectivity index (χ0n) is 6.09. The van der Waals surface area contributed by atoms with Crippen molar-refractivity contribution in [3.05, 3.63) is 28.8 Å². The molecule has 2 N–H and O–H groups in total. The first kappa shape index (κ1) is 10.4. The molecule has 0 unspecified atom stereocenters. The molecule has 13 heavy (non-hydrogen) atoms. The van der Waals surface area contributed by atoms with E-state index in [1.807, 2.05) is 0 Å². The highest BCUT2D eigenvalue weighted by Gasteiger charge is 2.22. The molecule has 1 aromatic rings. The number of primary sulfonamides is 1. The highest BCUT2D eigenvalue weighted by molar-refractivity contribution is 7.89. The molecule has 0 saturated heterocycles. The summed E-state index contributed by atoms with van der Waals surface area (Å²) in [7, 11) is -4.42. The summed E-state index contributed by atoms with van der Waals surface area (Å²) < 4.78 is 47.0. The van der Waals surface area contributed by atoms with Crippen molar-refractivity contribution in [1.82, 2.24) is 0 Å². The summed E-state index contributed by atoms with van der Waals surface area (Å²) in [6.45, 7) is 0. The minimum Gasteiger partial charge on any atom is -0.224 e. The van der Waals surface area contributed by atoms with Crippen LogP contribution in [0.5, 0.6) is 0 Å². The first-order valence-electron chi connectivity index (χ1n) is 3.00. The average molecular weight is 228 g/mol. The first-order chi connectivity index (χ1) is 5.84. The second-order valence-corrected chi connectivity index (χ2v) is 4.12. The number of sulfonamides is 1. The maximum absolute atomic E-state index is 12.9.